The first-order valence-electron chi connectivity index (χ1n) is 4.32. The minimum atomic E-state index is -0.171. The fourth-order valence-corrected chi connectivity index (χ4v) is 1.16. The average Bonchev–Trinajstić information content (AvgIpc) is 2.61. The minimum absolute atomic E-state index is 0.0128. The smallest absolute Gasteiger partial charge is 0.276 e. The molecular weight excluding hydrogens is 204 g/mol. The van der Waals surface area contributed by atoms with E-state index in [9.17, 15) is 4.79 Å². The Balaban J connectivity index is 2.75. The lowest BCUT2D eigenvalue weighted by atomic mass is 10.3. The summed E-state index contributed by atoms with van der Waals surface area (Å²) in [6.07, 6.45) is 0. The number of rotatable bonds is 3. The van der Waals surface area contributed by atoms with Crippen molar-refractivity contribution in [2.24, 2.45) is 0 Å². The maximum absolute atomic E-state index is 11.7. The second kappa shape index (κ2) is 4.46. The van der Waals surface area contributed by atoms with Crippen molar-refractivity contribution < 1.29 is 9.32 Å². The molecule has 0 aliphatic heterocycles. The van der Waals surface area contributed by atoms with Crippen molar-refractivity contribution in [3.05, 3.63) is 17.5 Å². The number of nitrogens with zero attached hydrogens (tertiary/aromatic N) is 2. The lowest BCUT2D eigenvalue weighted by molar-refractivity contribution is 0.0746. The number of carbonyl (C=O) groups is 1. The molecule has 4 nitrogen and oxygen atoms in total. The van der Waals surface area contributed by atoms with Crippen LogP contribution in [0.5, 0.6) is 0 Å². The molecule has 0 saturated carbocycles. The Labute approximate surface area is 87.8 Å². The van der Waals surface area contributed by atoms with E-state index in [-0.39, 0.29) is 11.9 Å². The molecule has 0 aliphatic rings. The highest BCUT2D eigenvalue weighted by molar-refractivity contribution is 6.18. The van der Waals surface area contributed by atoms with Crippen LogP contribution in [-0.4, -0.2) is 34.9 Å². The van der Waals surface area contributed by atoms with Gasteiger partial charge in [0.25, 0.3) is 5.91 Å². The third-order valence-corrected chi connectivity index (χ3v) is 2.50. The van der Waals surface area contributed by atoms with Gasteiger partial charge in [-0.15, -0.1) is 11.6 Å². The fraction of sp³-hybridized carbons (Fsp3) is 0.556. The van der Waals surface area contributed by atoms with E-state index in [0.29, 0.717) is 17.3 Å². The number of hydrogen-bond donors (Lipinski definition) is 0. The largest absolute Gasteiger partial charge is 0.361 e. The summed E-state index contributed by atoms with van der Waals surface area (Å²) in [6, 6.07) is 1.60. The molecule has 14 heavy (non-hydrogen) atoms. The van der Waals surface area contributed by atoms with E-state index in [0.717, 1.165) is 0 Å². The van der Waals surface area contributed by atoms with Gasteiger partial charge in [0.1, 0.15) is 5.76 Å². The van der Waals surface area contributed by atoms with Crippen LogP contribution in [0.25, 0.3) is 0 Å². The Hall–Kier alpha value is -1.03. The first-order valence-corrected chi connectivity index (χ1v) is 4.86. The van der Waals surface area contributed by atoms with Crippen molar-refractivity contribution in [2.45, 2.75) is 19.9 Å². The molecule has 0 fully saturated rings. The quantitative estimate of drug-likeness (QED) is 0.723. The molecule has 0 aromatic carbocycles. The second-order valence-corrected chi connectivity index (χ2v) is 3.55. The molecule has 1 rings (SSSR count). The standard InChI is InChI=1S/C9H13ClN2O2/c1-6(5-10)12(3)9(13)8-4-7(2)14-11-8/h4,6H,5H2,1-3H3. The lowest BCUT2D eigenvalue weighted by Crippen LogP contribution is -2.36. The van der Waals surface area contributed by atoms with Gasteiger partial charge in [-0.1, -0.05) is 5.16 Å². The number of hydrogen-bond acceptors (Lipinski definition) is 3. The molecule has 0 radical (unpaired) electrons. The summed E-state index contributed by atoms with van der Waals surface area (Å²) in [5.74, 6) is 0.856. The van der Waals surface area contributed by atoms with E-state index >= 15 is 0 Å². The molecule has 0 bridgehead atoms. The number of amides is 1. The van der Waals surface area contributed by atoms with Crippen molar-refractivity contribution in [1.82, 2.24) is 10.1 Å². The van der Waals surface area contributed by atoms with Gasteiger partial charge < -0.3 is 9.42 Å². The Bertz CT molecular complexity index is 324. The number of carbonyl (C=O) groups excluding carboxylic acids is 1. The monoisotopic (exact) mass is 216 g/mol. The molecule has 1 amide bonds. The molecule has 0 saturated heterocycles. The molecule has 0 spiro atoms. The molecule has 1 aromatic heterocycles. The van der Waals surface area contributed by atoms with Crippen LogP contribution in [0.4, 0.5) is 0 Å². The van der Waals surface area contributed by atoms with Gasteiger partial charge in [-0.25, -0.2) is 0 Å². The summed E-state index contributed by atoms with van der Waals surface area (Å²) in [5.41, 5.74) is 0.321. The molecule has 5 heteroatoms. The topological polar surface area (TPSA) is 46.3 Å². The van der Waals surface area contributed by atoms with E-state index in [1.54, 1.807) is 24.9 Å². The zero-order valence-corrected chi connectivity index (χ0v) is 9.21. The molecule has 0 N–H and O–H groups in total. The van der Waals surface area contributed by atoms with Crippen molar-refractivity contribution >= 4 is 17.5 Å². The SMILES string of the molecule is Cc1cc(C(=O)N(C)C(C)CCl)no1. The van der Waals surface area contributed by atoms with E-state index in [1.807, 2.05) is 6.92 Å². The molecular formula is C9H13ClN2O2. The third kappa shape index (κ3) is 2.26. The van der Waals surface area contributed by atoms with Crippen LogP contribution < -0.4 is 0 Å². The summed E-state index contributed by atoms with van der Waals surface area (Å²) in [6.45, 7) is 3.62. The second-order valence-electron chi connectivity index (χ2n) is 3.24. The number of aromatic nitrogens is 1. The Morgan fingerprint density at radius 2 is 2.43 bits per heavy atom. The summed E-state index contributed by atoms with van der Waals surface area (Å²) in [5, 5.41) is 3.64. The molecule has 1 aromatic rings. The summed E-state index contributed by atoms with van der Waals surface area (Å²) < 4.78 is 4.82. The predicted octanol–water partition coefficient (Wildman–Crippen LogP) is 1.68. The van der Waals surface area contributed by atoms with E-state index in [4.69, 9.17) is 16.1 Å². The van der Waals surface area contributed by atoms with Crippen LogP contribution in [0.2, 0.25) is 0 Å². The van der Waals surface area contributed by atoms with E-state index in [2.05, 4.69) is 5.16 Å². The lowest BCUT2D eigenvalue weighted by Gasteiger charge is -2.21. The van der Waals surface area contributed by atoms with Gasteiger partial charge in [-0.2, -0.15) is 0 Å². The first kappa shape index (κ1) is 11.0. The maximum atomic E-state index is 11.7. The van der Waals surface area contributed by atoms with Crippen LogP contribution in [0.1, 0.15) is 23.2 Å². The zero-order valence-electron chi connectivity index (χ0n) is 8.45. The van der Waals surface area contributed by atoms with Gasteiger partial charge in [0.2, 0.25) is 0 Å². The number of alkyl halides is 1. The van der Waals surface area contributed by atoms with E-state index < -0.39 is 0 Å². The van der Waals surface area contributed by atoms with Gasteiger partial charge >= 0.3 is 0 Å². The number of halogens is 1. The van der Waals surface area contributed by atoms with Crippen molar-refractivity contribution in [1.29, 1.82) is 0 Å². The average molecular weight is 217 g/mol. The highest BCUT2D eigenvalue weighted by atomic mass is 35.5. The van der Waals surface area contributed by atoms with Crippen molar-refractivity contribution in [2.75, 3.05) is 12.9 Å². The Kier molecular flexibility index (Phi) is 3.52. The van der Waals surface area contributed by atoms with Crippen LogP contribution in [0, 0.1) is 6.92 Å². The molecule has 0 aliphatic carbocycles. The summed E-state index contributed by atoms with van der Waals surface area (Å²) in [4.78, 5) is 13.2. The van der Waals surface area contributed by atoms with Gasteiger partial charge in [-0.3, -0.25) is 4.79 Å². The van der Waals surface area contributed by atoms with Crippen LogP contribution in [0.15, 0.2) is 10.6 Å². The highest BCUT2D eigenvalue weighted by Crippen LogP contribution is 2.07. The number of aryl methyl sites for hydroxylation is 1. The summed E-state index contributed by atoms with van der Waals surface area (Å²) in [7, 11) is 1.69. The normalized spacial score (nSPS) is 12.6. The molecule has 1 unspecified atom stereocenters. The summed E-state index contributed by atoms with van der Waals surface area (Å²) >= 11 is 5.65. The van der Waals surface area contributed by atoms with Crippen LogP contribution >= 0.6 is 11.6 Å². The minimum Gasteiger partial charge on any atom is -0.361 e. The van der Waals surface area contributed by atoms with Crippen LogP contribution in [0.3, 0.4) is 0 Å². The van der Waals surface area contributed by atoms with Crippen molar-refractivity contribution in [3.63, 3.8) is 0 Å². The first-order chi connectivity index (χ1) is 6.56. The molecule has 78 valence electrons. The maximum Gasteiger partial charge on any atom is 0.276 e. The Morgan fingerprint density at radius 1 is 1.79 bits per heavy atom. The molecule has 1 heterocycles. The molecule has 1 atom stereocenters. The van der Waals surface area contributed by atoms with Gasteiger partial charge in [-0.05, 0) is 13.8 Å². The zero-order chi connectivity index (χ0) is 10.7. The van der Waals surface area contributed by atoms with E-state index in [1.165, 1.54) is 0 Å². The Morgan fingerprint density at radius 3 is 2.86 bits per heavy atom. The third-order valence-electron chi connectivity index (χ3n) is 2.05. The van der Waals surface area contributed by atoms with Gasteiger partial charge in [0.15, 0.2) is 5.69 Å². The highest BCUT2D eigenvalue weighted by Gasteiger charge is 2.19. The van der Waals surface area contributed by atoms with Gasteiger partial charge in [0, 0.05) is 25.0 Å². The fourth-order valence-electron chi connectivity index (χ4n) is 0.952. The van der Waals surface area contributed by atoms with Gasteiger partial charge in [0.05, 0.1) is 0 Å². The van der Waals surface area contributed by atoms with Crippen LogP contribution in [-0.2, 0) is 0 Å². The predicted molar refractivity (Wildman–Crippen MR) is 53.5 cm³/mol. The van der Waals surface area contributed by atoms with Crippen molar-refractivity contribution in [3.8, 4) is 0 Å².